The van der Waals surface area contributed by atoms with Gasteiger partial charge in [-0.25, -0.2) is 4.79 Å². The number of nitrogens with one attached hydrogen (secondary N) is 1. The normalized spacial score (nSPS) is 12.3. The Balaban J connectivity index is 1.98. The molecular weight excluding hydrogens is 242 g/mol. The predicted molar refractivity (Wildman–Crippen MR) is 72.1 cm³/mol. The summed E-state index contributed by atoms with van der Waals surface area (Å²) in [5.74, 6) is -0.448. The average Bonchev–Trinajstić information content (AvgIpc) is 2.85. The first-order chi connectivity index (χ1) is 9.08. The van der Waals surface area contributed by atoms with E-state index in [2.05, 4.69) is 31.3 Å². The Morgan fingerprint density at radius 2 is 2.05 bits per heavy atom. The molecule has 4 nitrogen and oxygen atoms in total. The Morgan fingerprint density at radius 3 is 2.68 bits per heavy atom. The molecule has 1 heterocycles. The molecule has 0 fully saturated rings. The van der Waals surface area contributed by atoms with Crippen molar-refractivity contribution >= 4 is 5.97 Å². The number of hydrogen-bond acceptors (Lipinski definition) is 3. The SMILES string of the molecule is Cc1ccccc1C(C)NCc1ccc(C(=O)O)o1. The molecule has 0 bridgehead atoms. The highest BCUT2D eigenvalue weighted by Crippen LogP contribution is 2.17. The van der Waals surface area contributed by atoms with Crippen molar-refractivity contribution in [3.63, 3.8) is 0 Å². The van der Waals surface area contributed by atoms with E-state index in [-0.39, 0.29) is 11.8 Å². The quantitative estimate of drug-likeness (QED) is 0.866. The fourth-order valence-corrected chi connectivity index (χ4v) is 2.02. The average molecular weight is 259 g/mol. The molecule has 2 N–H and O–H groups in total. The predicted octanol–water partition coefficient (Wildman–Crippen LogP) is 3.14. The van der Waals surface area contributed by atoms with Crippen molar-refractivity contribution in [2.24, 2.45) is 0 Å². The zero-order valence-corrected chi connectivity index (χ0v) is 11.0. The van der Waals surface area contributed by atoms with Gasteiger partial charge in [-0.15, -0.1) is 0 Å². The highest BCUT2D eigenvalue weighted by Gasteiger charge is 2.11. The maximum absolute atomic E-state index is 10.7. The third-order valence-electron chi connectivity index (χ3n) is 3.11. The van der Waals surface area contributed by atoms with E-state index in [1.807, 2.05) is 12.1 Å². The van der Waals surface area contributed by atoms with Crippen LogP contribution in [0.25, 0.3) is 0 Å². The van der Waals surface area contributed by atoms with Crippen LogP contribution in [0.1, 0.15) is 40.4 Å². The molecule has 2 aromatic rings. The van der Waals surface area contributed by atoms with Gasteiger partial charge in [-0.05, 0) is 37.1 Å². The number of aryl methyl sites for hydroxylation is 1. The Kier molecular flexibility index (Phi) is 4.02. The van der Waals surface area contributed by atoms with E-state index in [0.29, 0.717) is 12.3 Å². The van der Waals surface area contributed by atoms with E-state index in [0.717, 1.165) is 0 Å². The Hall–Kier alpha value is -2.07. The monoisotopic (exact) mass is 259 g/mol. The number of carboxylic acids is 1. The Morgan fingerprint density at radius 1 is 1.32 bits per heavy atom. The topological polar surface area (TPSA) is 62.5 Å². The third kappa shape index (κ3) is 3.23. The molecule has 0 spiro atoms. The number of carboxylic acid groups (broad SMARTS) is 1. The van der Waals surface area contributed by atoms with Crippen LogP contribution in [0.5, 0.6) is 0 Å². The Bertz CT molecular complexity index is 574. The number of rotatable bonds is 5. The van der Waals surface area contributed by atoms with E-state index < -0.39 is 5.97 Å². The largest absolute Gasteiger partial charge is 0.475 e. The summed E-state index contributed by atoms with van der Waals surface area (Å²) in [6.45, 7) is 4.65. The zero-order chi connectivity index (χ0) is 13.8. The summed E-state index contributed by atoms with van der Waals surface area (Å²) in [7, 11) is 0. The smallest absolute Gasteiger partial charge is 0.371 e. The van der Waals surface area contributed by atoms with Gasteiger partial charge in [0, 0.05) is 6.04 Å². The molecule has 0 saturated heterocycles. The van der Waals surface area contributed by atoms with Crippen molar-refractivity contribution in [2.45, 2.75) is 26.4 Å². The lowest BCUT2D eigenvalue weighted by Gasteiger charge is -2.15. The van der Waals surface area contributed by atoms with E-state index in [9.17, 15) is 4.79 Å². The van der Waals surface area contributed by atoms with E-state index >= 15 is 0 Å². The summed E-state index contributed by atoms with van der Waals surface area (Å²) in [5, 5.41) is 12.1. The van der Waals surface area contributed by atoms with Crippen LogP contribution in [-0.2, 0) is 6.54 Å². The molecule has 2 rings (SSSR count). The van der Waals surface area contributed by atoms with Crippen molar-refractivity contribution in [1.29, 1.82) is 0 Å². The van der Waals surface area contributed by atoms with Crippen molar-refractivity contribution < 1.29 is 14.3 Å². The van der Waals surface area contributed by atoms with E-state index in [1.165, 1.54) is 17.2 Å². The zero-order valence-electron chi connectivity index (χ0n) is 11.0. The highest BCUT2D eigenvalue weighted by atomic mass is 16.4. The molecule has 19 heavy (non-hydrogen) atoms. The summed E-state index contributed by atoms with van der Waals surface area (Å²) in [6, 6.07) is 11.5. The van der Waals surface area contributed by atoms with Crippen LogP contribution in [0.4, 0.5) is 0 Å². The maximum atomic E-state index is 10.7. The number of carbonyl (C=O) groups is 1. The standard InChI is InChI=1S/C15H17NO3/c1-10-5-3-4-6-13(10)11(2)16-9-12-7-8-14(19-12)15(17)18/h3-8,11,16H,9H2,1-2H3,(H,17,18). The van der Waals surface area contributed by atoms with Crippen LogP contribution < -0.4 is 5.32 Å². The fraction of sp³-hybridized carbons (Fsp3) is 0.267. The Labute approximate surface area is 112 Å². The summed E-state index contributed by atoms with van der Waals surface area (Å²) >= 11 is 0. The van der Waals surface area contributed by atoms with E-state index in [1.54, 1.807) is 6.07 Å². The molecule has 0 radical (unpaired) electrons. The third-order valence-corrected chi connectivity index (χ3v) is 3.11. The first-order valence-electron chi connectivity index (χ1n) is 6.19. The minimum absolute atomic E-state index is 0.0275. The molecule has 0 amide bonds. The van der Waals surface area contributed by atoms with Crippen molar-refractivity contribution in [3.05, 3.63) is 59.0 Å². The molecule has 4 heteroatoms. The second-order valence-electron chi connectivity index (χ2n) is 4.53. The number of furan rings is 1. The van der Waals surface area contributed by atoms with Gasteiger partial charge >= 0.3 is 5.97 Å². The van der Waals surface area contributed by atoms with Crippen LogP contribution in [0.3, 0.4) is 0 Å². The van der Waals surface area contributed by atoms with Crippen molar-refractivity contribution in [2.75, 3.05) is 0 Å². The second kappa shape index (κ2) is 5.71. The first kappa shape index (κ1) is 13.4. The number of hydrogen-bond donors (Lipinski definition) is 2. The van der Waals surface area contributed by atoms with Gasteiger partial charge in [-0.3, -0.25) is 0 Å². The number of benzene rings is 1. The van der Waals surface area contributed by atoms with Crippen LogP contribution in [0, 0.1) is 6.92 Å². The molecule has 1 aromatic heterocycles. The minimum Gasteiger partial charge on any atom is -0.475 e. The minimum atomic E-state index is -1.04. The first-order valence-corrected chi connectivity index (χ1v) is 6.19. The molecule has 100 valence electrons. The summed E-state index contributed by atoms with van der Waals surface area (Å²) in [4.78, 5) is 10.7. The second-order valence-corrected chi connectivity index (χ2v) is 4.53. The van der Waals surface area contributed by atoms with Gasteiger partial charge in [0.05, 0.1) is 6.54 Å². The molecule has 0 aliphatic heterocycles. The molecule has 1 aromatic carbocycles. The summed E-state index contributed by atoms with van der Waals surface area (Å²) in [6.07, 6.45) is 0. The highest BCUT2D eigenvalue weighted by molar-refractivity contribution is 5.84. The molecule has 0 saturated carbocycles. The molecular formula is C15H17NO3. The van der Waals surface area contributed by atoms with Crippen LogP contribution in [-0.4, -0.2) is 11.1 Å². The van der Waals surface area contributed by atoms with Crippen LogP contribution >= 0.6 is 0 Å². The van der Waals surface area contributed by atoms with Gasteiger partial charge < -0.3 is 14.8 Å². The lowest BCUT2D eigenvalue weighted by molar-refractivity contribution is 0.0660. The lowest BCUT2D eigenvalue weighted by Crippen LogP contribution is -2.18. The van der Waals surface area contributed by atoms with Crippen molar-refractivity contribution in [3.8, 4) is 0 Å². The summed E-state index contributed by atoms with van der Waals surface area (Å²) < 4.78 is 5.20. The van der Waals surface area contributed by atoms with Crippen LogP contribution in [0.2, 0.25) is 0 Å². The summed E-state index contributed by atoms with van der Waals surface area (Å²) in [5.41, 5.74) is 2.46. The van der Waals surface area contributed by atoms with Gasteiger partial charge in [-0.1, -0.05) is 24.3 Å². The van der Waals surface area contributed by atoms with Gasteiger partial charge in [0.1, 0.15) is 5.76 Å². The number of aromatic carboxylic acids is 1. The molecule has 1 unspecified atom stereocenters. The molecule has 0 aliphatic carbocycles. The van der Waals surface area contributed by atoms with Gasteiger partial charge in [0.2, 0.25) is 5.76 Å². The van der Waals surface area contributed by atoms with Gasteiger partial charge in [0.25, 0.3) is 0 Å². The maximum Gasteiger partial charge on any atom is 0.371 e. The lowest BCUT2D eigenvalue weighted by atomic mass is 10.0. The van der Waals surface area contributed by atoms with Crippen molar-refractivity contribution in [1.82, 2.24) is 5.32 Å². The van der Waals surface area contributed by atoms with Gasteiger partial charge in [0.15, 0.2) is 0 Å². The molecule has 1 atom stereocenters. The molecule has 0 aliphatic rings. The van der Waals surface area contributed by atoms with Gasteiger partial charge in [-0.2, -0.15) is 0 Å². The fourth-order valence-electron chi connectivity index (χ4n) is 2.02. The van der Waals surface area contributed by atoms with Crippen LogP contribution in [0.15, 0.2) is 40.8 Å². The van der Waals surface area contributed by atoms with E-state index in [4.69, 9.17) is 9.52 Å².